The number of nitrogens with one attached hydrogen (secondary N) is 3. The molecule has 8 nitrogen and oxygen atoms in total. The number of rotatable bonds is 5. The summed E-state index contributed by atoms with van der Waals surface area (Å²) in [4.78, 5) is 39.6. The van der Waals surface area contributed by atoms with E-state index in [9.17, 15) is 14.4 Å². The molecule has 2 amide bonds. The predicted octanol–water partition coefficient (Wildman–Crippen LogP) is 1.67. The van der Waals surface area contributed by atoms with Gasteiger partial charge in [0.15, 0.2) is 0 Å². The van der Waals surface area contributed by atoms with E-state index in [1.54, 1.807) is 41.2 Å². The highest BCUT2D eigenvalue weighted by Crippen LogP contribution is 2.12. The van der Waals surface area contributed by atoms with Crippen LogP contribution in [0.1, 0.15) is 30.2 Å². The number of aromatic amines is 1. The van der Waals surface area contributed by atoms with Crippen LogP contribution in [-0.2, 0) is 4.79 Å². The predicted molar refractivity (Wildman–Crippen MR) is 98.1 cm³/mol. The lowest BCUT2D eigenvalue weighted by molar-refractivity contribution is -0.115. The van der Waals surface area contributed by atoms with E-state index in [0.717, 1.165) is 0 Å². The molecule has 8 heteroatoms. The monoisotopic (exact) mass is 353 g/mol. The van der Waals surface area contributed by atoms with Crippen molar-refractivity contribution in [1.29, 1.82) is 0 Å². The van der Waals surface area contributed by atoms with Crippen LogP contribution in [0.2, 0.25) is 0 Å². The van der Waals surface area contributed by atoms with E-state index in [1.165, 1.54) is 6.20 Å². The summed E-state index contributed by atoms with van der Waals surface area (Å²) in [6, 6.07) is 8.68. The third-order valence-electron chi connectivity index (χ3n) is 3.87. The Hall–Kier alpha value is -3.42. The van der Waals surface area contributed by atoms with Crippen molar-refractivity contribution in [2.75, 3.05) is 11.9 Å². The van der Waals surface area contributed by atoms with E-state index >= 15 is 0 Å². The molecule has 3 aromatic rings. The molecule has 26 heavy (non-hydrogen) atoms. The van der Waals surface area contributed by atoms with Crippen LogP contribution >= 0.6 is 0 Å². The number of amides is 2. The Morgan fingerprint density at radius 2 is 2.00 bits per heavy atom. The number of benzene rings is 1. The highest BCUT2D eigenvalue weighted by molar-refractivity contribution is 6.00. The van der Waals surface area contributed by atoms with Crippen molar-refractivity contribution >= 4 is 28.5 Å². The summed E-state index contributed by atoms with van der Waals surface area (Å²) >= 11 is 0. The Labute approximate surface area is 149 Å². The molecule has 0 spiro atoms. The molecule has 0 saturated heterocycles. The smallest absolute Gasteiger partial charge is 0.257 e. The lowest BCUT2D eigenvalue weighted by Crippen LogP contribution is -2.35. The molecule has 2 heterocycles. The number of fused-ring (bicyclic) bond motifs is 1. The van der Waals surface area contributed by atoms with Crippen LogP contribution in [-0.4, -0.2) is 33.1 Å². The van der Waals surface area contributed by atoms with Crippen LogP contribution in [0.3, 0.4) is 0 Å². The number of anilines is 1. The standard InChI is InChI=1S/C18H19N5O3/c1-11(2)23-15(7-8-21-23)22-16(24)10-20-18(26)13-9-19-14-6-4-3-5-12(14)17(13)25/h3-9,11H,10H2,1-2H3,(H,19,25)(H,20,26)(H,22,24). The van der Waals surface area contributed by atoms with Gasteiger partial charge in [0.1, 0.15) is 11.4 Å². The summed E-state index contributed by atoms with van der Waals surface area (Å²) in [7, 11) is 0. The van der Waals surface area contributed by atoms with Gasteiger partial charge in [-0.25, -0.2) is 4.68 Å². The van der Waals surface area contributed by atoms with Gasteiger partial charge in [-0.1, -0.05) is 12.1 Å². The van der Waals surface area contributed by atoms with Crippen molar-refractivity contribution in [1.82, 2.24) is 20.1 Å². The minimum Gasteiger partial charge on any atom is -0.360 e. The van der Waals surface area contributed by atoms with Crippen molar-refractivity contribution in [3.63, 3.8) is 0 Å². The second-order valence-electron chi connectivity index (χ2n) is 6.06. The number of carbonyl (C=O) groups is 2. The zero-order chi connectivity index (χ0) is 18.7. The highest BCUT2D eigenvalue weighted by atomic mass is 16.2. The summed E-state index contributed by atoms with van der Waals surface area (Å²) in [5.41, 5.74) is 0.229. The average molecular weight is 353 g/mol. The van der Waals surface area contributed by atoms with E-state index in [-0.39, 0.29) is 23.6 Å². The molecule has 3 rings (SSSR count). The molecule has 3 N–H and O–H groups in total. The molecule has 0 aliphatic heterocycles. The van der Waals surface area contributed by atoms with Crippen LogP contribution in [0, 0.1) is 0 Å². The first-order valence-corrected chi connectivity index (χ1v) is 8.19. The highest BCUT2D eigenvalue weighted by Gasteiger charge is 2.15. The Morgan fingerprint density at radius 3 is 2.77 bits per heavy atom. The Morgan fingerprint density at radius 1 is 1.23 bits per heavy atom. The topological polar surface area (TPSA) is 109 Å². The van der Waals surface area contributed by atoms with Gasteiger partial charge in [-0.05, 0) is 26.0 Å². The lowest BCUT2D eigenvalue weighted by atomic mass is 10.1. The van der Waals surface area contributed by atoms with Crippen LogP contribution in [0.4, 0.5) is 5.82 Å². The van der Waals surface area contributed by atoms with Crippen molar-refractivity contribution in [3.05, 3.63) is 58.5 Å². The first-order valence-electron chi connectivity index (χ1n) is 8.19. The van der Waals surface area contributed by atoms with E-state index in [4.69, 9.17) is 0 Å². The van der Waals surface area contributed by atoms with Gasteiger partial charge in [-0.3, -0.25) is 14.4 Å². The van der Waals surface area contributed by atoms with Gasteiger partial charge in [0.2, 0.25) is 11.3 Å². The fourth-order valence-electron chi connectivity index (χ4n) is 2.60. The third kappa shape index (κ3) is 3.49. The van der Waals surface area contributed by atoms with E-state index in [0.29, 0.717) is 16.7 Å². The molecule has 0 aliphatic rings. The molecule has 1 aromatic carbocycles. The van der Waals surface area contributed by atoms with E-state index < -0.39 is 11.8 Å². The summed E-state index contributed by atoms with van der Waals surface area (Å²) < 4.78 is 1.66. The molecule has 0 atom stereocenters. The van der Waals surface area contributed by atoms with Crippen molar-refractivity contribution in [2.24, 2.45) is 0 Å². The SMILES string of the molecule is CC(C)n1nccc1NC(=O)CNC(=O)c1c[nH]c2ccccc2c1=O. The largest absolute Gasteiger partial charge is 0.360 e. The third-order valence-corrected chi connectivity index (χ3v) is 3.87. The number of para-hydroxylation sites is 1. The van der Waals surface area contributed by atoms with Crippen LogP contribution in [0.15, 0.2) is 47.5 Å². The van der Waals surface area contributed by atoms with Gasteiger partial charge in [0, 0.05) is 29.2 Å². The summed E-state index contributed by atoms with van der Waals surface area (Å²) in [6.07, 6.45) is 2.94. The summed E-state index contributed by atoms with van der Waals surface area (Å²) in [5, 5.41) is 9.69. The molecule has 0 aliphatic carbocycles. The Bertz CT molecular complexity index is 1020. The number of pyridine rings is 1. The molecule has 2 aromatic heterocycles. The van der Waals surface area contributed by atoms with Gasteiger partial charge < -0.3 is 15.6 Å². The first-order chi connectivity index (χ1) is 12.5. The molecule has 0 bridgehead atoms. The van der Waals surface area contributed by atoms with E-state index in [2.05, 4.69) is 20.7 Å². The van der Waals surface area contributed by atoms with Gasteiger partial charge in [-0.2, -0.15) is 5.10 Å². The molecular formula is C18H19N5O3. The number of hydrogen-bond acceptors (Lipinski definition) is 4. The molecule has 0 fully saturated rings. The maximum Gasteiger partial charge on any atom is 0.257 e. The van der Waals surface area contributed by atoms with Crippen LogP contribution in [0.5, 0.6) is 0 Å². The van der Waals surface area contributed by atoms with Gasteiger partial charge >= 0.3 is 0 Å². The molecule has 0 unspecified atom stereocenters. The molecule has 134 valence electrons. The van der Waals surface area contributed by atoms with Crippen molar-refractivity contribution in [2.45, 2.75) is 19.9 Å². The Balaban J connectivity index is 1.67. The van der Waals surface area contributed by atoms with Gasteiger partial charge in [0.25, 0.3) is 5.91 Å². The molecule has 0 saturated carbocycles. The quantitative estimate of drug-likeness (QED) is 0.648. The zero-order valence-electron chi connectivity index (χ0n) is 14.4. The summed E-state index contributed by atoms with van der Waals surface area (Å²) in [5.74, 6) is -0.467. The maximum atomic E-state index is 12.4. The first kappa shape index (κ1) is 17.4. The zero-order valence-corrected chi connectivity index (χ0v) is 14.4. The molecular weight excluding hydrogens is 334 g/mol. The fourth-order valence-corrected chi connectivity index (χ4v) is 2.60. The van der Waals surface area contributed by atoms with Crippen molar-refractivity contribution < 1.29 is 9.59 Å². The molecule has 0 radical (unpaired) electrons. The lowest BCUT2D eigenvalue weighted by Gasteiger charge is -2.12. The summed E-state index contributed by atoms with van der Waals surface area (Å²) in [6.45, 7) is 3.63. The number of aromatic nitrogens is 3. The number of hydrogen-bond donors (Lipinski definition) is 3. The number of H-pyrrole nitrogens is 1. The second kappa shape index (κ2) is 7.22. The Kier molecular flexibility index (Phi) is 4.83. The van der Waals surface area contributed by atoms with Crippen molar-refractivity contribution in [3.8, 4) is 0 Å². The minimum atomic E-state index is -0.607. The number of carbonyl (C=O) groups excluding carboxylic acids is 2. The van der Waals surface area contributed by atoms with Crippen LogP contribution in [0.25, 0.3) is 10.9 Å². The minimum absolute atomic E-state index is 0.0382. The van der Waals surface area contributed by atoms with Gasteiger partial charge in [-0.15, -0.1) is 0 Å². The average Bonchev–Trinajstić information content (AvgIpc) is 3.08. The second-order valence-corrected chi connectivity index (χ2v) is 6.06. The van der Waals surface area contributed by atoms with E-state index in [1.807, 2.05) is 13.8 Å². The fraction of sp³-hybridized carbons (Fsp3) is 0.222. The maximum absolute atomic E-state index is 12.4. The number of nitrogens with zero attached hydrogens (tertiary/aromatic N) is 2. The van der Waals surface area contributed by atoms with Crippen LogP contribution < -0.4 is 16.1 Å². The normalized spacial score (nSPS) is 10.9. The van der Waals surface area contributed by atoms with Gasteiger partial charge in [0.05, 0.1) is 12.7 Å².